The maximum absolute atomic E-state index is 12.7. The van der Waals surface area contributed by atoms with Crippen LogP contribution in [-0.2, 0) is 0 Å². The lowest BCUT2D eigenvalue weighted by molar-refractivity contribution is 0.0662. The minimum Gasteiger partial charge on any atom is -0.339 e. The number of rotatable bonds is 3. The summed E-state index contributed by atoms with van der Waals surface area (Å²) in [5.74, 6) is 1.77. The highest BCUT2D eigenvalue weighted by Crippen LogP contribution is 2.29. The van der Waals surface area contributed by atoms with E-state index in [0.29, 0.717) is 6.04 Å². The number of hydrogen-bond donors (Lipinski definition) is 1. The molecular weight excluding hydrogens is 276 g/mol. The topological polar surface area (TPSA) is 50.2 Å². The van der Waals surface area contributed by atoms with Gasteiger partial charge in [-0.3, -0.25) is 9.48 Å². The van der Waals surface area contributed by atoms with Crippen molar-refractivity contribution in [2.75, 3.05) is 26.2 Å². The monoisotopic (exact) mass is 304 g/mol. The number of carbonyl (C=O) groups is 1. The summed E-state index contributed by atoms with van der Waals surface area (Å²) in [7, 11) is 0. The van der Waals surface area contributed by atoms with Crippen molar-refractivity contribution in [2.45, 2.75) is 46.1 Å². The Hall–Kier alpha value is -1.36. The molecule has 0 radical (unpaired) electrons. The van der Waals surface area contributed by atoms with Crippen molar-refractivity contribution in [1.82, 2.24) is 20.0 Å². The number of carbonyl (C=O) groups excluding carboxylic acids is 1. The van der Waals surface area contributed by atoms with E-state index in [4.69, 9.17) is 0 Å². The number of likely N-dealkylation sites (tertiary alicyclic amines) is 1. The summed E-state index contributed by atoms with van der Waals surface area (Å²) in [6.45, 7) is 10.3. The van der Waals surface area contributed by atoms with Crippen molar-refractivity contribution < 1.29 is 4.79 Å². The van der Waals surface area contributed by atoms with E-state index in [2.05, 4.69) is 24.3 Å². The second-order valence-corrected chi connectivity index (χ2v) is 7.06. The fourth-order valence-electron chi connectivity index (χ4n) is 3.98. The van der Waals surface area contributed by atoms with Crippen LogP contribution in [-0.4, -0.2) is 46.8 Å². The summed E-state index contributed by atoms with van der Waals surface area (Å²) in [6, 6.07) is 0.294. The van der Waals surface area contributed by atoms with Crippen LogP contribution in [0.15, 0.2) is 6.20 Å². The van der Waals surface area contributed by atoms with E-state index >= 15 is 0 Å². The SMILES string of the molecule is Cc1c(C(=O)N2CCC([C@H]3CCNC3)CC2)cnn1C(C)C. The standard InChI is InChI=1S/C17H28N4O/c1-12(2)21-13(3)16(11-19-21)17(22)20-8-5-14(6-9-20)15-4-7-18-10-15/h11-12,14-15,18H,4-10H2,1-3H3/t15-/m0/s1. The first kappa shape index (κ1) is 15.5. The molecule has 0 aromatic carbocycles. The highest BCUT2D eigenvalue weighted by molar-refractivity contribution is 5.95. The van der Waals surface area contributed by atoms with Gasteiger partial charge in [0.2, 0.25) is 0 Å². The molecule has 3 heterocycles. The summed E-state index contributed by atoms with van der Waals surface area (Å²) < 4.78 is 1.93. The number of amides is 1. The molecule has 1 amide bonds. The Morgan fingerprint density at radius 3 is 2.55 bits per heavy atom. The van der Waals surface area contributed by atoms with Crippen molar-refractivity contribution in [3.63, 3.8) is 0 Å². The molecule has 1 aromatic rings. The maximum atomic E-state index is 12.7. The van der Waals surface area contributed by atoms with Gasteiger partial charge in [-0.1, -0.05) is 0 Å². The largest absolute Gasteiger partial charge is 0.339 e. The van der Waals surface area contributed by atoms with E-state index in [1.54, 1.807) is 6.20 Å². The van der Waals surface area contributed by atoms with Gasteiger partial charge in [0.1, 0.15) is 0 Å². The van der Waals surface area contributed by atoms with Gasteiger partial charge in [-0.15, -0.1) is 0 Å². The molecule has 0 unspecified atom stereocenters. The third-order valence-electron chi connectivity index (χ3n) is 5.36. The van der Waals surface area contributed by atoms with E-state index in [9.17, 15) is 4.79 Å². The van der Waals surface area contributed by atoms with Crippen molar-refractivity contribution in [1.29, 1.82) is 0 Å². The minimum atomic E-state index is 0.160. The van der Waals surface area contributed by atoms with Crippen LogP contribution in [0.1, 0.15) is 55.2 Å². The molecule has 2 aliphatic heterocycles. The van der Waals surface area contributed by atoms with Gasteiger partial charge in [-0.05, 0) is 65.0 Å². The van der Waals surface area contributed by atoms with Gasteiger partial charge >= 0.3 is 0 Å². The molecule has 22 heavy (non-hydrogen) atoms. The fraction of sp³-hybridized carbons (Fsp3) is 0.765. The lowest BCUT2D eigenvalue weighted by Gasteiger charge is -2.34. The third-order valence-corrected chi connectivity index (χ3v) is 5.36. The third kappa shape index (κ3) is 2.91. The Bertz CT molecular complexity index is 523. The lowest BCUT2D eigenvalue weighted by Crippen LogP contribution is -2.40. The molecule has 5 heteroatoms. The first-order valence-corrected chi connectivity index (χ1v) is 8.62. The van der Waals surface area contributed by atoms with E-state index in [-0.39, 0.29) is 5.91 Å². The summed E-state index contributed by atoms with van der Waals surface area (Å²) in [5.41, 5.74) is 1.76. The normalized spacial score (nSPS) is 23.5. The number of aromatic nitrogens is 2. The van der Waals surface area contributed by atoms with Crippen LogP contribution in [0.4, 0.5) is 0 Å². The van der Waals surface area contributed by atoms with Crippen LogP contribution in [0, 0.1) is 18.8 Å². The first-order valence-electron chi connectivity index (χ1n) is 8.62. The van der Waals surface area contributed by atoms with Gasteiger partial charge in [-0.2, -0.15) is 5.10 Å². The fourth-order valence-corrected chi connectivity index (χ4v) is 3.98. The summed E-state index contributed by atoms with van der Waals surface area (Å²) >= 11 is 0. The van der Waals surface area contributed by atoms with Gasteiger partial charge < -0.3 is 10.2 Å². The van der Waals surface area contributed by atoms with Crippen molar-refractivity contribution in [2.24, 2.45) is 11.8 Å². The van der Waals surface area contributed by atoms with Gasteiger partial charge in [0.15, 0.2) is 0 Å². The highest BCUT2D eigenvalue weighted by atomic mass is 16.2. The predicted molar refractivity (Wildman–Crippen MR) is 87.0 cm³/mol. The molecule has 0 aliphatic carbocycles. The molecule has 2 saturated heterocycles. The molecule has 0 saturated carbocycles. The van der Waals surface area contributed by atoms with Crippen molar-refractivity contribution >= 4 is 5.91 Å². The van der Waals surface area contributed by atoms with Crippen molar-refractivity contribution in [3.05, 3.63) is 17.5 Å². The van der Waals surface area contributed by atoms with Crippen LogP contribution in [0.3, 0.4) is 0 Å². The maximum Gasteiger partial charge on any atom is 0.257 e. The zero-order valence-corrected chi connectivity index (χ0v) is 14.0. The Kier molecular flexibility index (Phi) is 4.52. The molecule has 0 spiro atoms. The van der Waals surface area contributed by atoms with E-state index in [0.717, 1.165) is 55.6 Å². The average molecular weight is 304 g/mol. The second-order valence-electron chi connectivity index (χ2n) is 7.06. The van der Waals surface area contributed by atoms with Gasteiger partial charge in [0.25, 0.3) is 5.91 Å². The summed E-state index contributed by atoms with van der Waals surface area (Å²) in [5, 5.41) is 7.83. The molecule has 1 N–H and O–H groups in total. The number of nitrogens with one attached hydrogen (secondary N) is 1. The van der Waals surface area contributed by atoms with Gasteiger partial charge in [-0.25, -0.2) is 0 Å². The highest BCUT2D eigenvalue weighted by Gasteiger charge is 2.31. The minimum absolute atomic E-state index is 0.160. The van der Waals surface area contributed by atoms with Crippen LogP contribution in [0.25, 0.3) is 0 Å². The second kappa shape index (κ2) is 6.41. The molecule has 3 rings (SSSR count). The number of piperidine rings is 1. The van der Waals surface area contributed by atoms with Gasteiger partial charge in [0, 0.05) is 24.8 Å². The molecule has 1 atom stereocenters. The van der Waals surface area contributed by atoms with E-state index < -0.39 is 0 Å². The molecule has 0 bridgehead atoms. The van der Waals surface area contributed by atoms with Crippen LogP contribution >= 0.6 is 0 Å². The Morgan fingerprint density at radius 2 is 2.00 bits per heavy atom. The summed E-state index contributed by atoms with van der Waals surface area (Å²) in [4.78, 5) is 14.8. The quantitative estimate of drug-likeness (QED) is 0.931. The van der Waals surface area contributed by atoms with Gasteiger partial charge in [0.05, 0.1) is 11.8 Å². The molecule has 2 aliphatic rings. The summed E-state index contributed by atoms with van der Waals surface area (Å²) in [6.07, 6.45) is 5.34. The van der Waals surface area contributed by atoms with E-state index in [1.165, 1.54) is 13.0 Å². The lowest BCUT2D eigenvalue weighted by atomic mass is 9.83. The zero-order chi connectivity index (χ0) is 15.7. The van der Waals surface area contributed by atoms with Crippen LogP contribution in [0.2, 0.25) is 0 Å². The number of hydrogen-bond acceptors (Lipinski definition) is 3. The van der Waals surface area contributed by atoms with Crippen molar-refractivity contribution in [3.8, 4) is 0 Å². The zero-order valence-electron chi connectivity index (χ0n) is 14.0. The smallest absolute Gasteiger partial charge is 0.257 e. The predicted octanol–water partition coefficient (Wildman–Crippen LogP) is 2.23. The Balaban J connectivity index is 1.62. The molecule has 122 valence electrons. The van der Waals surface area contributed by atoms with Crippen LogP contribution < -0.4 is 5.32 Å². The van der Waals surface area contributed by atoms with Crippen LogP contribution in [0.5, 0.6) is 0 Å². The number of nitrogens with zero attached hydrogens (tertiary/aromatic N) is 3. The Labute approximate surface area is 133 Å². The first-order chi connectivity index (χ1) is 10.6. The average Bonchev–Trinajstić information content (AvgIpc) is 3.16. The molecule has 2 fully saturated rings. The molecule has 5 nitrogen and oxygen atoms in total. The Morgan fingerprint density at radius 1 is 1.27 bits per heavy atom. The molecule has 1 aromatic heterocycles. The van der Waals surface area contributed by atoms with E-state index in [1.807, 2.05) is 16.5 Å². The molecular formula is C17H28N4O.